The molecule has 0 radical (unpaired) electrons. The van der Waals surface area contributed by atoms with Gasteiger partial charge in [0, 0.05) is 69.8 Å². The van der Waals surface area contributed by atoms with Crippen molar-refractivity contribution in [3.8, 4) is 56.7 Å². The van der Waals surface area contributed by atoms with E-state index in [0.29, 0.717) is 17.5 Å². The molecule has 0 N–H and O–H groups in total. The number of rotatable bonds is 6. The van der Waals surface area contributed by atoms with Crippen molar-refractivity contribution in [2.75, 3.05) is 0 Å². The van der Waals surface area contributed by atoms with Gasteiger partial charge in [-0.1, -0.05) is 133 Å². The molecule has 4 heterocycles. The molecule has 5 nitrogen and oxygen atoms in total. The summed E-state index contributed by atoms with van der Waals surface area (Å²) in [6.07, 6.45) is 0. The highest BCUT2D eigenvalue weighted by atomic mass is 32.1. The average molecular weight is 822 g/mol. The predicted octanol–water partition coefficient (Wildman–Crippen LogP) is 15.1. The molecule has 294 valence electrons. The number of thiophene rings is 1. The number of hydrogen-bond donors (Lipinski definition) is 0. The molecule has 0 unspecified atom stereocenters. The SMILES string of the molecule is c1ccc(-c2ccc3c4ccccc4n(-c4ccc5c(c4)sc4ccc(-c6nc(-c7ccccc7)nc(-c7ccc8c(c7)c7ccccc7n8-c7ccccc7)n6)cc45)c3c2)cc1. The van der Waals surface area contributed by atoms with Crippen LogP contribution in [0, 0.1) is 0 Å². The van der Waals surface area contributed by atoms with Crippen LogP contribution in [0.4, 0.5) is 0 Å². The van der Waals surface area contributed by atoms with Crippen LogP contribution in [-0.4, -0.2) is 24.1 Å². The maximum atomic E-state index is 5.23. The Labute approximate surface area is 366 Å². The third kappa shape index (κ3) is 5.80. The van der Waals surface area contributed by atoms with Crippen molar-refractivity contribution in [3.05, 3.63) is 212 Å². The molecule has 0 atom stereocenters. The van der Waals surface area contributed by atoms with Crippen molar-refractivity contribution >= 4 is 75.1 Å². The van der Waals surface area contributed by atoms with Gasteiger partial charge in [0.2, 0.25) is 0 Å². The minimum absolute atomic E-state index is 0.638. The van der Waals surface area contributed by atoms with Gasteiger partial charge >= 0.3 is 0 Å². The fraction of sp³-hybridized carbons (Fsp3) is 0. The highest BCUT2D eigenvalue weighted by molar-refractivity contribution is 7.25. The van der Waals surface area contributed by atoms with Gasteiger partial charge < -0.3 is 9.13 Å². The Hall–Kier alpha value is -8.19. The van der Waals surface area contributed by atoms with E-state index < -0.39 is 0 Å². The van der Waals surface area contributed by atoms with Crippen LogP contribution in [0.1, 0.15) is 0 Å². The molecule has 13 aromatic rings. The van der Waals surface area contributed by atoms with Crippen molar-refractivity contribution in [2.45, 2.75) is 0 Å². The summed E-state index contributed by atoms with van der Waals surface area (Å²) in [5, 5.41) is 7.23. The van der Waals surface area contributed by atoms with Crippen molar-refractivity contribution < 1.29 is 0 Å². The molecule has 0 fully saturated rings. The fourth-order valence-electron chi connectivity index (χ4n) is 9.42. The molecule has 0 aliphatic rings. The van der Waals surface area contributed by atoms with Crippen LogP contribution in [-0.2, 0) is 0 Å². The van der Waals surface area contributed by atoms with Crippen molar-refractivity contribution in [1.29, 1.82) is 0 Å². The summed E-state index contributed by atoms with van der Waals surface area (Å²) >= 11 is 1.82. The Morgan fingerprint density at radius 2 is 0.778 bits per heavy atom. The monoisotopic (exact) mass is 821 g/mol. The Morgan fingerprint density at radius 1 is 0.270 bits per heavy atom. The second-order valence-corrected chi connectivity index (χ2v) is 17.1. The summed E-state index contributed by atoms with van der Waals surface area (Å²) in [5.41, 5.74) is 12.2. The second kappa shape index (κ2) is 14.2. The molecule has 0 bridgehead atoms. The van der Waals surface area contributed by atoms with Gasteiger partial charge in [-0.3, -0.25) is 0 Å². The minimum atomic E-state index is 0.638. The first-order chi connectivity index (χ1) is 31.2. The zero-order valence-corrected chi connectivity index (χ0v) is 34.7. The van der Waals surface area contributed by atoms with Crippen LogP contribution in [0.5, 0.6) is 0 Å². The Balaban J connectivity index is 0.947. The van der Waals surface area contributed by atoms with Crippen LogP contribution in [0.2, 0.25) is 0 Å². The smallest absolute Gasteiger partial charge is 0.164 e. The summed E-state index contributed by atoms with van der Waals surface area (Å²) in [4.78, 5) is 15.5. The predicted molar refractivity (Wildman–Crippen MR) is 263 cm³/mol. The minimum Gasteiger partial charge on any atom is -0.309 e. The molecule has 0 aliphatic carbocycles. The van der Waals surface area contributed by atoms with Gasteiger partial charge in [0.15, 0.2) is 17.5 Å². The molecule has 63 heavy (non-hydrogen) atoms. The maximum Gasteiger partial charge on any atom is 0.164 e. The summed E-state index contributed by atoms with van der Waals surface area (Å²) in [6.45, 7) is 0. The average Bonchev–Trinajstić information content (AvgIpc) is 4.01. The van der Waals surface area contributed by atoms with Crippen LogP contribution in [0.25, 0.3) is 120 Å². The molecule has 0 aliphatic heterocycles. The summed E-state index contributed by atoms with van der Waals surface area (Å²) in [5.74, 6) is 1.92. The number of para-hydroxylation sites is 3. The van der Waals surface area contributed by atoms with Crippen LogP contribution in [0.15, 0.2) is 212 Å². The summed E-state index contributed by atoms with van der Waals surface area (Å²) < 4.78 is 7.20. The normalized spacial score (nSPS) is 11.8. The van der Waals surface area contributed by atoms with Gasteiger partial charge in [0.25, 0.3) is 0 Å². The Bertz CT molecular complexity index is 3900. The zero-order valence-electron chi connectivity index (χ0n) is 33.9. The third-order valence-corrected chi connectivity index (χ3v) is 13.5. The number of nitrogens with zero attached hydrogens (tertiary/aromatic N) is 5. The first kappa shape index (κ1) is 35.6. The standard InChI is InChI=1S/C57H35N5S/c1-4-14-36(15-5-1)38-24-28-45-43-20-10-12-22-49(43)62(52(45)34-38)42-27-29-46-48-33-40(26-31-53(48)63-54(46)35-42)57-59-55(37-16-6-2-7-17-37)58-56(60-57)39-25-30-51-47(32-39)44-21-11-13-23-50(44)61(51)41-18-8-3-9-19-41/h1-35H. The molecule has 9 aromatic carbocycles. The first-order valence-corrected chi connectivity index (χ1v) is 22.0. The number of aromatic nitrogens is 5. The molecule has 4 aromatic heterocycles. The quantitative estimate of drug-likeness (QED) is 0.168. The molecule has 0 saturated heterocycles. The third-order valence-electron chi connectivity index (χ3n) is 12.4. The van der Waals surface area contributed by atoms with E-state index >= 15 is 0 Å². The van der Waals surface area contributed by atoms with E-state index in [1.165, 1.54) is 58.5 Å². The fourth-order valence-corrected chi connectivity index (χ4v) is 10.5. The van der Waals surface area contributed by atoms with Gasteiger partial charge in [-0.15, -0.1) is 11.3 Å². The summed E-state index contributed by atoms with van der Waals surface area (Å²) in [7, 11) is 0. The topological polar surface area (TPSA) is 48.5 Å². The number of benzene rings is 9. The van der Waals surface area contributed by atoms with Crippen LogP contribution >= 0.6 is 11.3 Å². The molecule has 13 rings (SSSR count). The van der Waals surface area contributed by atoms with Crippen LogP contribution in [0.3, 0.4) is 0 Å². The van der Waals surface area contributed by atoms with Crippen molar-refractivity contribution in [2.24, 2.45) is 0 Å². The molecule has 0 amide bonds. The lowest BCUT2D eigenvalue weighted by molar-refractivity contribution is 1.07. The molecule has 6 heteroatoms. The van der Waals surface area contributed by atoms with E-state index in [9.17, 15) is 0 Å². The Kier molecular flexibility index (Phi) is 8.01. The second-order valence-electron chi connectivity index (χ2n) is 16.0. The van der Waals surface area contributed by atoms with Gasteiger partial charge in [-0.2, -0.15) is 0 Å². The van der Waals surface area contributed by atoms with Crippen LogP contribution < -0.4 is 0 Å². The lowest BCUT2D eigenvalue weighted by atomic mass is 10.0. The first-order valence-electron chi connectivity index (χ1n) is 21.2. The van der Waals surface area contributed by atoms with E-state index in [1.807, 2.05) is 29.5 Å². The van der Waals surface area contributed by atoms with E-state index in [1.54, 1.807) is 0 Å². The lowest BCUT2D eigenvalue weighted by Gasteiger charge is -2.10. The van der Waals surface area contributed by atoms with Gasteiger partial charge in [-0.25, -0.2) is 15.0 Å². The van der Waals surface area contributed by atoms with E-state index in [2.05, 4.69) is 203 Å². The lowest BCUT2D eigenvalue weighted by Crippen LogP contribution is -2.00. The Morgan fingerprint density at radius 3 is 1.49 bits per heavy atom. The van der Waals surface area contributed by atoms with Gasteiger partial charge in [-0.05, 0) is 90.0 Å². The largest absolute Gasteiger partial charge is 0.309 e. The van der Waals surface area contributed by atoms with Gasteiger partial charge in [0.1, 0.15) is 0 Å². The van der Waals surface area contributed by atoms with E-state index in [-0.39, 0.29) is 0 Å². The number of hydrogen-bond acceptors (Lipinski definition) is 4. The van der Waals surface area contributed by atoms with E-state index in [4.69, 9.17) is 15.0 Å². The molecule has 0 saturated carbocycles. The van der Waals surface area contributed by atoms with Gasteiger partial charge in [0.05, 0.1) is 22.1 Å². The maximum absolute atomic E-state index is 5.23. The highest BCUT2D eigenvalue weighted by Crippen LogP contribution is 2.41. The van der Waals surface area contributed by atoms with E-state index in [0.717, 1.165) is 44.5 Å². The zero-order chi connectivity index (χ0) is 41.4. The molecular weight excluding hydrogens is 787 g/mol. The molecule has 0 spiro atoms. The number of fused-ring (bicyclic) bond motifs is 9. The highest BCUT2D eigenvalue weighted by Gasteiger charge is 2.19. The van der Waals surface area contributed by atoms with Crippen molar-refractivity contribution in [1.82, 2.24) is 24.1 Å². The molecular formula is C57H35N5S. The summed E-state index contributed by atoms with van der Waals surface area (Å²) in [6, 6.07) is 75.6. The van der Waals surface area contributed by atoms with Crippen molar-refractivity contribution in [3.63, 3.8) is 0 Å².